The number of carbonyl (C=O) groups is 1. The Morgan fingerprint density at radius 2 is 1.29 bits per heavy atom. The van der Waals surface area contributed by atoms with Gasteiger partial charge < -0.3 is 4.74 Å². The summed E-state index contributed by atoms with van der Waals surface area (Å²) in [7, 11) is -5.88. The normalized spacial score (nSPS) is 23.4. The molecule has 2 aromatic rings. The molecule has 35 heavy (non-hydrogen) atoms. The van der Waals surface area contributed by atoms with Crippen molar-refractivity contribution in [1.82, 2.24) is 0 Å². The summed E-state index contributed by atoms with van der Waals surface area (Å²) >= 11 is 0. The van der Waals surface area contributed by atoms with E-state index >= 15 is 0 Å². The maximum absolute atomic E-state index is 13.8. The second kappa shape index (κ2) is 7.70. The van der Waals surface area contributed by atoms with Crippen LogP contribution in [0.5, 0.6) is 0 Å². The van der Waals surface area contributed by atoms with Gasteiger partial charge in [0.25, 0.3) is 10.1 Å². The summed E-state index contributed by atoms with van der Waals surface area (Å²) in [6.45, 7) is 3.10. The molecule has 3 aliphatic rings. The molecule has 0 aromatic heterocycles. The predicted octanol–water partition coefficient (Wildman–Crippen LogP) is 5.21. The van der Waals surface area contributed by atoms with Crippen LogP contribution >= 0.6 is 0 Å². The van der Waals surface area contributed by atoms with Crippen LogP contribution in [0, 0.1) is 11.3 Å². The van der Waals surface area contributed by atoms with E-state index in [-0.39, 0.29) is 0 Å². The average molecular weight is 522 g/mol. The molecule has 0 aliphatic heterocycles. The molecule has 0 saturated heterocycles. The first kappa shape index (κ1) is 25.5. The minimum atomic E-state index is -6.38. The van der Waals surface area contributed by atoms with Gasteiger partial charge in [-0.15, -0.1) is 0 Å². The molecule has 1 atom stereocenters. The van der Waals surface area contributed by atoms with Gasteiger partial charge >= 0.3 is 23.9 Å². The number of ether oxygens (including phenoxy) is 1. The van der Waals surface area contributed by atoms with Gasteiger partial charge in [-0.05, 0) is 27.7 Å². The third-order valence-electron chi connectivity index (χ3n) is 6.99. The predicted molar refractivity (Wildman–Crippen MR) is 111 cm³/mol. The van der Waals surface area contributed by atoms with Gasteiger partial charge in [-0.1, -0.05) is 62.4 Å². The van der Waals surface area contributed by atoms with Crippen LogP contribution in [0.2, 0.25) is 0 Å². The zero-order valence-electron chi connectivity index (χ0n) is 18.3. The van der Waals surface area contributed by atoms with Crippen LogP contribution < -0.4 is 0 Å². The van der Waals surface area contributed by atoms with E-state index in [4.69, 9.17) is 4.55 Å². The Kier molecular flexibility index (Phi) is 5.61. The van der Waals surface area contributed by atoms with Crippen LogP contribution in [0.4, 0.5) is 26.3 Å². The van der Waals surface area contributed by atoms with Crippen molar-refractivity contribution in [2.75, 3.05) is 5.75 Å². The molecule has 190 valence electrons. The Hall–Kier alpha value is -2.60. The summed E-state index contributed by atoms with van der Waals surface area (Å²) in [5.41, 5.74) is -3.93. The molecule has 1 unspecified atom stereocenters. The van der Waals surface area contributed by atoms with E-state index in [1.165, 1.54) is 0 Å². The SMILES string of the molecule is CC1(C)C2c3ccccc3C(c3ccccc32)C1C(=O)OC(CS(=O)(=O)O)(C(F)(F)F)C(F)(F)F. The summed E-state index contributed by atoms with van der Waals surface area (Å²) in [6.07, 6.45) is -12.8. The van der Waals surface area contributed by atoms with Gasteiger partial charge in [-0.25, -0.2) is 0 Å². The van der Waals surface area contributed by atoms with Crippen molar-refractivity contribution in [3.63, 3.8) is 0 Å². The summed E-state index contributed by atoms with van der Waals surface area (Å²) in [5, 5.41) is 0. The molecule has 0 saturated carbocycles. The van der Waals surface area contributed by atoms with Gasteiger partial charge in [0.05, 0.1) is 5.92 Å². The molecule has 0 spiro atoms. The van der Waals surface area contributed by atoms with Crippen molar-refractivity contribution >= 4 is 16.1 Å². The Morgan fingerprint density at radius 3 is 1.66 bits per heavy atom. The fourth-order valence-electron chi connectivity index (χ4n) is 5.62. The van der Waals surface area contributed by atoms with Crippen molar-refractivity contribution in [3.05, 3.63) is 70.8 Å². The lowest BCUT2D eigenvalue weighted by atomic mass is 9.48. The second-order valence-corrected chi connectivity index (χ2v) is 10.9. The Labute approximate surface area is 196 Å². The molecule has 12 heteroatoms. The van der Waals surface area contributed by atoms with E-state index in [1.54, 1.807) is 62.4 Å². The Bertz CT molecular complexity index is 1220. The van der Waals surface area contributed by atoms with Crippen molar-refractivity contribution in [3.8, 4) is 0 Å². The first-order chi connectivity index (χ1) is 15.9. The quantitative estimate of drug-likeness (QED) is 0.339. The van der Waals surface area contributed by atoms with Crippen molar-refractivity contribution in [1.29, 1.82) is 0 Å². The third-order valence-corrected chi connectivity index (χ3v) is 7.76. The molecular formula is C23H20F6O5S. The van der Waals surface area contributed by atoms with Crippen LogP contribution in [0.3, 0.4) is 0 Å². The molecule has 5 nitrogen and oxygen atoms in total. The number of benzene rings is 2. The lowest BCUT2D eigenvalue weighted by molar-refractivity contribution is -0.363. The highest BCUT2D eigenvalue weighted by molar-refractivity contribution is 7.85. The van der Waals surface area contributed by atoms with Gasteiger partial charge in [-0.3, -0.25) is 9.35 Å². The van der Waals surface area contributed by atoms with Gasteiger partial charge in [0.1, 0.15) is 5.75 Å². The summed E-state index contributed by atoms with van der Waals surface area (Å²) in [5.74, 6) is -7.76. The van der Waals surface area contributed by atoms with E-state index < -0.39 is 63.0 Å². The number of alkyl halides is 6. The molecule has 2 bridgehead atoms. The zero-order chi connectivity index (χ0) is 26.2. The molecule has 0 heterocycles. The monoisotopic (exact) mass is 522 g/mol. The van der Waals surface area contributed by atoms with Crippen LogP contribution in [0.25, 0.3) is 0 Å². The van der Waals surface area contributed by atoms with Gasteiger partial charge in [0.2, 0.25) is 0 Å². The molecule has 5 rings (SSSR count). The van der Waals surface area contributed by atoms with Crippen LogP contribution in [-0.2, 0) is 19.6 Å². The van der Waals surface area contributed by atoms with E-state index in [1.807, 2.05) is 0 Å². The molecule has 0 fully saturated rings. The minimum absolute atomic E-state index is 0.551. The molecule has 1 N–H and O–H groups in total. The first-order valence-corrected chi connectivity index (χ1v) is 12.0. The fraction of sp³-hybridized carbons (Fsp3) is 0.435. The topological polar surface area (TPSA) is 80.7 Å². The summed E-state index contributed by atoms with van der Waals surface area (Å²) in [4.78, 5) is 13.3. The standard InChI is InChI=1S/C23H20F6O5S/c1-20(2)17-14-9-5-3-7-12(14)16(13-8-4-6-10-15(13)17)18(20)19(30)34-21(22(24,25)26,23(27,28)29)11-35(31,32)33/h3-10,16-18H,11H2,1-2H3,(H,31,32,33). The van der Waals surface area contributed by atoms with Crippen LogP contribution in [0.1, 0.15) is 47.9 Å². The number of halogens is 6. The van der Waals surface area contributed by atoms with Crippen LogP contribution in [0.15, 0.2) is 48.5 Å². The number of hydrogen-bond acceptors (Lipinski definition) is 4. The van der Waals surface area contributed by atoms with E-state index in [0.29, 0.717) is 11.1 Å². The van der Waals surface area contributed by atoms with Crippen molar-refractivity contribution < 1.29 is 48.8 Å². The Balaban J connectivity index is 1.89. The van der Waals surface area contributed by atoms with Crippen molar-refractivity contribution in [2.45, 2.75) is 43.6 Å². The van der Waals surface area contributed by atoms with Gasteiger partial charge in [0, 0.05) is 11.8 Å². The molecule has 0 radical (unpaired) electrons. The zero-order valence-corrected chi connectivity index (χ0v) is 19.1. The lowest BCUT2D eigenvalue weighted by Gasteiger charge is -2.55. The highest BCUT2D eigenvalue weighted by Gasteiger charge is 2.76. The molecule has 3 aliphatic carbocycles. The van der Waals surface area contributed by atoms with Crippen molar-refractivity contribution in [2.24, 2.45) is 11.3 Å². The fourth-order valence-corrected chi connectivity index (χ4v) is 6.52. The van der Waals surface area contributed by atoms with E-state index in [9.17, 15) is 39.6 Å². The largest absolute Gasteiger partial charge is 0.438 e. The van der Waals surface area contributed by atoms with Crippen LogP contribution in [-0.4, -0.2) is 42.6 Å². The number of esters is 1. The highest BCUT2D eigenvalue weighted by Crippen LogP contribution is 2.64. The van der Waals surface area contributed by atoms with Gasteiger partial charge in [-0.2, -0.15) is 34.8 Å². The molecule has 2 aromatic carbocycles. The first-order valence-electron chi connectivity index (χ1n) is 10.4. The average Bonchev–Trinajstić information content (AvgIpc) is 2.69. The minimum Gasteiger partial charge on any atom is -0.438 e. The smallest absolute Gasteiger partial charge is 0.438 e. The number of carbonyl (C=O) groups excluding carboxylic acids is 1. The number of rotatable bonds is 4. The van der Waals surface area contributed by atoms with E-state index in [2.05, 4.69) is 4.74 Å². The summed E-state index contributed by atoms with van der Waals surface area (Å²) in [6, 6.07) is 13.7. The maximum atomic E-state index is 13.8. The second-order valence-electron chi connectivity index (χ2n) is 9.44. The highest BCUT2D eigenvalue weighted by atomic mass is 32.2. The summed E-state index contributed by atoms with van der Waals surface area (Å²) < 4.78 is 119. The third kappa shape index (κ3) is 3.81. The molecule has 0 amide bonds. The number of hydrogen-bond donors (Lipinski definition) is 1. The lowest BCUT2D eigenvalue weighted by Crippen LogP contribution is -2.64. The van der Waals surface area contributed by atoms with E-state index in [0.717, 1.165) is 11.1 Å². The number of fused-ring (bicyclic) bond motifs is 1. The van der Waals surface area contributed by atoms with Gasteiger partial charge in [0.15, 0.2) is 0 Å². The maximum Gasteiger partial charge on any atom is 0.438 e. The molecular weight excluding hydrogens is 502 g/mol. The Morgan fingerprint density at radius 1 is 0.886 bits per heavy atom.